The van der Waals surface area contributed by atoms with Crippen LogP contribution in [0.15, 0.2) is 18.2 Å². The fourth-order valence-corrected chi connectivity index (χ4v) is 2.26. The van der Waals surface area contributed by atoms with Gasteiger partial charge in [0.05, 0.1) is 10.7 Å². The van der Waals surface area contributed by atoms with Crippen LogP contribution in [0.5, 0.6) is 0 Å². The minimum Gasteiger partial charge on any atom is -0.381 e. The van der Waals surface area contributed by atoms with Crippen LogP contribution in [-0.2, 0) is 4.79 Å². The van der Waals surface area contributed by atoms with Crippen LogP contribution in [0, 0.1) is 0 Å². The summed E-state index contributed by atoms with van der Waals surface area (Å²) in [6.07, 6.45) is 3.08. The molecule has 0 radical (unpaired) electrons. The molecule has 0 aromatic heterocycles. The number of Topliss-reactive ketones (excluding diaryl/α,β-unsaturated/α-hetero) is 1. The summed E-state index contributed by atoms with van der Waals surface area (Å²) in [7, 11) is 0. The molecule has 1 N–H and O–H groups in total. The van der Waals surface area contributed by atoms with E-state index in [0.29, 0.717) is 34.7 Å². The first-order chi connectivity index (χ1) is 7.65. The number of rotatable bonds is 2. The van der Waals surface area contributed by atoms with Gasteiger partial charge in [-0.2, -0.15) is 0 Å². The number of benzene rings is 1. The van der Waals surface area contributed by atoms with Gasteiger partial charge >= 0.3 is 0 Å². The average Bonchev–Trinajstić information content (AvgIpc) is 2.27. The van der Waals surface area contributed by atoms with Crippen molar-refractivity contribution in [3.05, 3.63) is 28.2 Å². The van der Waals surface area contributed by atoms with E-state index in [-0.39, 0.29) is 0 Å². The first-order valence-corrected chi connectivity index (χ1v) is 6.14. The normalized spacial score (nSPS) is 17.5. The van der Waals surface area contributed by atoms with E-state index in [9.17, 15) is 4.79 Å². The minimum atomic E-state index is 0.327. The molecular formula is C12H13Cl2NO. The standard InChI is InChI=1S/C12H13Cl2NO/c13-8-1-6-11(14)12(7-8)15-9-2-4-10(16)5-3-9/h1,6-7,9,15H,2-5H2. The van der Waals surface area contributed by atoms with E-state index in [1.165, 1.54) is 0 Å². The molecule has 0 bridgehead atoms. The molecule has 0 heterocycles. The summed E-state index contributed by atoms with van der Waals surface area (Å²) in [5.74, 6) is 0.357. The second kappa shape index (κ2) is 5.07. The van der Waals surface area contributed by atoms with Gasteiger partial charge in [0, 0.05) is 23.9 Å². The highest BCUT2D eigenvalue weighted by Gasteiger charge is 2.19. The lowest BCUT2D eigenvalue weighted by Gasteiger charge is -2.23. The number of ketones is 1. The third-order valence-electron chi connectivity index (χ3n) is 2.83. The second-order valence-electron chi connectivity index (χ2n) is 4.08. The number of hydrogen-bond acceptors (Lipinski definition) is 2. The zero-order valence-electron chi connectivity index (χ0n) is 8.80. The molecule has 0 amide bonds. The maximum Gasteiger partial charge on any atom is 0.133 e. The van der Waals surface area contributed by atoms with Crippen molar-refractivity contribution in [1.82, 2.24) is 0 Å². The van der Waals surface area contributed by atoms with Crippen molar-refractivity contribution < 1.29 is 4.79 Å². The molecular weight excluding hydrogens is 245 g/mol. The van der Waals surface area contributed by atoms with Gasteiger partial charge in [0.25, 0.3) is 0 Å². The van der Waals surface area contributed by atoms with E-state index >= 15 is 0 Å². The van der Waals surface area contributed by atoms with E-state index in [1.54, 1.807) is 12.1 Å². The summed E-state index contributed by atoms with van der Waals surface area (Å²) in [6.45, 7) is 0. The van der Waals surface area contributed by atoms with E-state index in [4.69, 9.17) is 23.2 Å². The second-order valence-corrected chi connectivity index (χ2v) is 4.93. The largest absolute Gasteiger partial charge is 0.381 e. The lowest BCUT2D eigenvalue weighted by atomic mass is 9.94. The first-order valence-electron chi connectivity index (χ1n) is 5.38. The smallest absolute Gasteiger partial charge is 0.133 e. The maximum atomic E-state index is 11.1. The van der Waals surface area contributed by atoms with Gasteiger partial charge in [-0.1, -0.05) is 23.2 Å². The van der Waals surface area contributed by atoms with Crippen LogP contribution in [0.4, 0.5) is 5.69 Å². The molecule has 1 aliphatic rings. The van der Waals surface area contributed by atoms with Gasteiger partial charge < -0.3 is 5.32 Å². The molecule has 0 unspecified atom stereocenters. The molecule has 86 valence electrons. The Hall–Kier alpha value is -0.730. The molecule has 0 atom stereocenters. The molecule has 1 aromatic rings. The van der Waals surface area contributed by atoms with Gasteiger partial charge in [-0.15, -0.1) is 0 Å². The van der Waals surface area contributed by atoms with Crippen LogP contribution in [0.25, 0.3) is 0 Å². The zero-order valence-corrected chi connectivity index (χ0v) is 10.3. The Morgan fingerprint density at radius 1 is 1.19 bits per heavy atom. The summed E-state index contributed by atoms with van der Waals surface area (Å²) in [4.78, 5) is 11.1. The van der Waals surface area contributed by atoms with Gasteiger partial charge in [0.15, 0.2) is 0 Å². The number of hydrogen-bond donors (Lipinski definition) is 1. The highest BCUT2D eigenvalue weighted by molar-refractivity contribution is 6.35. The zero-order chi connectivity index (χ0) is 11.5. The first kappa shape index (κ1) is 11.7. The Bertz CT molecular complexity index is 396. The van der Waals surface area contributed by atoms with Crippen LogP contribution in [-0.4, -0.2) is 11.8 Å². The third-order valence-corrected chi connectivity index (χ3v) is 3.40. The SMILES string of the molecule is O=C1CCC(Nc2cc(Cl)ccc2Cl)CC1. The predicted molar refractivity (Wildman–Crippen MR) is 67.3 cm³/mol. The Kier molecular flexibility index (Phi) is 3.72. The molecule has 1 saturated carbocycles. The van der Waals surface area contributed by atoms with Crippen LogP contribution in [0.3, 0.4) is 0 Å². The number of halogens is 2. The molecule has 2 rings (SSSR count). The van der Waals surface area contributed by atoms with Gasteiger partial charge in [0.1, 0.15) is 5.78 Å². The van der Waals surface area contributed by atoms with E-state index < -0.39 is 0 Å². The van der Waals surface area contributed by atoms with Crippen molar-refractivity contribution in [2.45, 2.75) is 31.7 Å². The van der Waals surface area contributed by atoms with Crippen molar-refractivity contribution in [3.63, 3.8) is 0 Å². The molecule has 1 aromatic carbocycles. The van der Waals surface area contributed by atoms with Gasteiger partial charge in [-0.25, -0.2) is 0 Å². The molecule has 0 saturated heterocycles. The average molecular weight is 258 g/mol. The van der Waals surface area contributed by atoms with Gasteiger partial charge in [-0.05, 0) is 31.0 Å². The van der Waals surface area contributed by atoms with Crippen molar-refractivity contribution in [2.75, 3.05) is 5.32 Å². The summed E-state index contributed by atoms with van der Waals surface area (Å²) < 4.78 is 0. The molecule has 0 spiro atoms. The van der Waals surface area contributed by atoms with E-state index in [0.717, 1.165) is 18.5 Å². The summed E-state index contributed by atoms with van der Waals surface area (Å²) in [5, 5.41) is 4.68. The topological polar surface area (TPSA) is 29.1 Å². The van der Waals surface area contributed by atoms with Crippen molar-refractivity contribution >= 4 is 34.7 Å². The van der Waals surface area contributed by atoms with Crippen molar-refractivity contribution in [3.8, 4) is 0 Å². The highest BCUT2D eigenvalue weighted by Crippen LogP contribution is 2.28. The Labute approximate surface area is 105 Å². The lowest BCUT2D eigenvalue weighted by molar-refractivity contribution is -0.120. The van der Waals surface area contributed by atoms with Gasteiger partial charge in [0.2, 0.25) is 0 Å². The molecule has 0 aliphatic heterocycles. The number of nitrogens with one attached hydrogen (secondary N) is 1. The Morgan fingerprint density at radius 2 is 1.88 bits per heavy atom. The molecule has 1 fully saturated rings. The molecule has 4 heteroatoms. The minimum absolute atomic E-state index is 0.327. The third kappa shape index (κ3) is 2.89. The van der Waals surface area contributed by atoms with Crippen LogP contribution in [0.1, 0.15) is 25.7 Å². The number of carbonyl (C=O) groups is 1. The number of carbonyl (C=O) groups excluding carboxylic acids is 1. The van der Waals surface area contributed by atoms with Gasteiger partial charge in [-0.3, -0.25) is 4.79 Å². The predicted octanol–water partition coefficient (Wildman–Crippen LogP) is 3.92. The fraction of sp³-hybridized carbons (Fsp3) is 0.417. The fourth-order valence-electron chi connectivity index (χ4n) is 1.91. The van der Waals surface area contributed by atoms with Crippen LogP contribution >= 0.6 is 23.2 Å². The van der Waals surface area contributed by atoms with Crippen LogP contribution in [0.2, 0.25) is 10.0 Å². The highest BCUT2D eigenvalue weighted by atomic mass is 35.5. The van der Waals surface area contributed by atoms with E-state index in [2.05, 4.69) is 5.32 Å². The number of anilines is 1. The quantitative estimate of drug-likeness (QED) is 0.871. The molecule has 16 heavy (non-hydrogen) atoms. The summed E-state index contributed by atoms with van der Waals surface area (Å²) in [6, 6.07) is 5.69. The lowest BCUT2D eigenvalue weighted by Crippen LogP contribution is -2.26. The van der Waals surface area contributed by atoms with Crippen molar-refractivity contribution in [2.24, 2.45) is 0 Å². The van der Waals surface area contributed by atoms with Crippen LogP contribution < -0.4 is 5.32 Å². The van der Waals surface area contributed by atoms with E-state index in [1.807, 2.05) is 6.07 Å². The Morgan fingerprint density at radius 3 is 2.56 bits per heavy atom. The van der Waals surface area contributed by atoms with Crippen molar-refractivity contribution in [1.29, 1.82) is 0 Å². The summed E-state index contributed by atoms with van der Waals surface area (Å²) in [5.41, 5.74) is 0.855. The maximum absolute atomic E-state index is 11.1. The monoisotopic (exact) mass is 257 g/mol. The summed E-state index contributed by atoms with van der Waals surface area (Å²) >= 11 is 12.0. The Balaban J connectivity index is 2.03. The molecule has 1 aliphatic carbocycles. The molecule has 2 nitrogen and oxygen atoms in total.